The summed E-state index contributed by atoms with van der Waals surface area (Å²) >= 11 is 0. The maximum atomic E-state index is 11.5. The summed E-state index contributed by atoms with van der Waals surface area (Å²) in [6.07, 6.45) is 4.65. The molecule has 0 aliphatic heterocycles. The smallest absolute Gasteiger partial charge is 0.336 e. The van der Waals surface area contributed by atoms with Gasteiger partial charge in [0.05, 0.1) is 16.7 Å². The van der Waals surface area contributed by atoms with Gasteiger partial charge in [0.2, 0.25) is 0 Å². The van der Waals surface area contributed by atoms with Gasteiger partial charge in [-0.3, -0.25) is 0 Å². The number of allylic oxidation sites excluding steroid dienone is 4. The Morgan fingerprint density at radius 1 is 0.714 bits per heavy atom. The van der Waals surface area contributed by atoms with E-state index in [1.54, 1.807) is 0 Å². The highest BCUT2D eigenvalue weighted by atomic mass is 16.4. The van der Waals surface area contributed by atoms with Crippen molar-refractivity contribution >= 4 is 35.0 Å². The number of phenolic OH excluding ortho intramolecular Hbond substituents is 2. The molecule has 0 aliphatic carbocycles. The van der Waals surface area contributed by atoms with E-state index in [2.05, 4.69) is 0 Å². The number of rotatable bonds is 8. The van der Waals surface area contributed by atoms with Crippen LogP contribution in [0.3, 0.4) is 0 Å². The molecule has 0 unspecified atom stereocenters. The number of phenols is 2. The molecule has 0 aromatic heterocycles. The highest BCUT2D eigenvalue weighted by Crippen LogP contribution is 2.39. The van der Waals surface area contributed by atoms with Crippen molar-refractivity contribution in [2.75, 3.05) is 0 Å². The molecule has 10 heteroatoms. The number of carboxylic acids is 4. The molecule has 1 rings (SSSR count). The van der Waals surface area contributed by atoms with Crippen LogP contribution >= 0.6 is 0 Å². The van der Waals surface area contributed by atoms with Crippen molar-refractivity contribution in [1.29, 1.82) is 0 Å². The number of benzene rings is 1. The highest BCUT2D eigenvalue weighted by molar-refractivity contribution is 6.20. The van der Waals surface area contributed by atoms with Gasteiger partial charge in [0, 0.05) is 17.7 Å². The van der Waals surface area contributed by atoms with Crippen LogP contribution in [-0.2, 0) is 19.2 Å². The summed E-state index contributed by atoms with van der Waals surface area (Å²) in [6.45, 7) is 0. The van der Waals surface area contributed by atoms with E-state index in [0.29, 0.717) is 12.2 Å². The fraction of sp³-hybridized carbons (Fsp3) is 0. The van der Waals surface area contributed by atoms with Crippen LogP contribution in [0, 0.1) is 0 Å². The van der Waals surface area contributed by atoms with Crippen molar-refractivity contribution in [2.45, 2.75) is 0 Å². The van der Waals surface area contributed by atoms with E-state index in [1.165, 1.54) is 0 Å². The largest absolute Gasteiger partial charge is 0.507 e. The van der Waals surface area contributed by atoms with Gasteiger partial charge in [0.15, 0.2) is 0 Å². The SMILES string of the molecule is O=C(O)/C=C/C=C(/C(=O)O)c1ccc(O)c(/C(=C\C=C\C(=O)O)C(=O)O)c1O. The van der Waals surface area contributed by atoms with Crippen LogP contribution in [0.5, 0.6) is 11.5 Å². The van der Waals surface area contributed by atoms with E-state index in [4.69, 9.17) is 10.2 Å². The minimum Gasteiger partial charge on any atom is -0.507 e. The van der Waals surface area contributed by atoms with E-state index < -0.39 is 57.6 Å². The first kappa shape index (κ1) is 21.7. The Hall–Kier alpha value is -4.34. The van der Waals surface area contributed by atoms with Gasteiger partial charge in [0.25, 0.3) is 0 Å². The standard InChI is InChI=1S/C18H14O10/c19-12-8-7-9(10(17(25)26)3-1-5-13(20)21)16(24)15(12)11(18(27)28)4-2-6-14(22)23/h1-8,19,24H,(H,20,21)(H,22,23)(H,25,26)(H,27,28)/b5-1+,6-2+,10-3+,11-4+. The third kappa shape index (κ3) is 5.59. The van der Waals surface area contributed by atoms with Gasteiger partial charge in [-0.15, -0.1) is 0 Å². The summed E-state index contributed by atoms with van der Waals surface area (Å²) in [6, 6.07) is 1.93. The monoisotopic (exact) mass is 390 g/mol. The molecule has 0 amide bonds. The molecule has 0 aliphatic rings. The van der Waals surface area contributed by atoms with Crippen LogP contribution in [0.4, 0.5) is 0 Å². The second kappa shape index (κ2) is 9.38. The average Bonchev–Trinajstić information content (AvgIpc) is 2.57. The summed E-state index contributed by atoms with van der Waals surface area (Å²) in [5.41, 5.74) is -2.33. The molecule has 146 valence electrons. The fourth-order valence-corrected chi connectivity index (χ4v) is 2.05. The van der Waals surface area contributed by atoms with Crippen molar-refractivity contribution in [3.63, 3.8) is 0 Å². The Morgan fingerprint density at radius 3 is 1.61 bits per heavy atom. The number of carboxylic acid groups (broad SMARTS) is 4. The van der Waals surface area contributed by atoms with E-state index in [-0.39, 0.29) is 0 Å². The number of aliphatic carboxylic acids is 4. The zero-order valence-electron chi connectivity index (χ0n) is 13.9. The van der Waals surface area contributed by atoms with Gasteiger partial charge in [-0.05, 0) is 24.3 Å². The summed E-state index contributed by atoms with van der Waals surface area (Å²) < 4.78 is 0. The second-order valence-electron chi connectivity index (χ2n) is 5.02. The van der Waals surface area contributed by atoms with Crippen LogP contribution in [0.15, 0.2) is 48.6 Å². The van der Waals surface area contributed by atoms with Crippen LogP contribution < -0.4 is 0 Å². The van der Waals surface area contributed by atoms with E-state index >= 15 is 0 Å². The average molecular weight is 390 g/mol. The van der Waals surface area contributed by atoms with Crippen LogP contribution in [-0.4, -0.2) is 54.5 Å². The zero-order valence-corrected chi connectivity index (χ0v) is 13.9. The molecule has 1 aromatic carbocycles. The summed E-state index contributed by atoms with van der Waals surface area (Å²) in [7, 11) is 0. The number of carbonyl (C=O) groups is 4. The molecule has 0 radical (unpaired) electrons. The quantitative estimate of drug-likeness (QED) is 0.279. The Bertz CT molecular complexity index is 947. The van der Waals surface area contributed by atoms with Crippen LogP contribution in [0.1, 0.15) is 11.1 Å². The zero-order chi connectivity index (χ0) is 21.4. The highest BCUT2D eigenvalue weighted by Gasteiger charge is 2.24. The van der Waals surface area contributed by atoms with Crippen molar-refractivity contribution in [3.8, 4) is 11.5 Å². The lowest BCUT2D eigenvalue weighted by Crippen LogP contribution is -2.04. The minimum absolute atomic E-state index is 0.398. The van der Waals surface area contributed by atoms with Gasteiger partial charge < -0.3 is 30.6 Å². The lowest BCUT2D eigenvalue weighted by atomic mass is 9.95. The van der Waals surface area contributed by atoms with Crippen LogP contribution in [0.25, 0.3) is 11.1 Å². The normalized spacial score (nSPS) is 12.4. The minimum atomic E-state index is -1.63. The topological polar surface area (TPSA) is 190 Å². The van der Waals surface area contributed by atoms with Crippen molar-refractivity contribution in [2.24, 2.45) is 0 Å². The maximum absolute atomic E-state index is 11.5. The number of hydrogen-bond donors (Lipinski definition) is 6. The Morgan fingerprint density at radius 2 is 1.18 bits per heavy atom. The molecule has 0 spiro atoms. The molecule has 0 heterocycles. The number of hydrogen-bond acceptors (Lipinski definition) is 6. The Labute approximate surface area is 156 Å². The molecule has 6 N–H and O–H groups in total. The predicted octanol–water partition coefficient (Wildman–Crippen LogP) is 1.32. The van der Waals surface area contributed by atoms with E-state index in [1.807, 2.05) is 0 Å². The predicted molar refractivity (Wildman–Crippen MR) is 94.5 cm³/mol. The van der Waals surface area contributed by atoms with Gasteiger partial charge in [0.1, 0.15) is 11.5 Å². The first-order valence-corrected chi connectivity index (χ1v) is 7.31. The van der Waals surface area contributed by atoms with E-state index in [9.17, 15) is 39.6 Å². The first-order valence-electron chi connectivity index (χ1n) is 7.31. The third-order valence-corrected chi connectivity index (χ3v) is 3.18. The molecule has 28 heavy (non-hydrogen) atoms. The summed E-state index contributed by atoms with van der Waals surface area (Å²) in [5, 5.41) is 56.0. The molecule has 0 fully saturated rings. The second-order valence-corrected chi connectivity index (χ2v) is 5.02. The molecule has 1 aromatic rings. The fourth-order valence-electron chi connectivity index (χ4n) is 2.05. The maximum Gasteiger partial charge on any atom is 0.336 e. The molecular formula is C18H14O10. The van der Waals surface area contributed by atoms with Crippen molar-refractivity contribution in [1.82, 2.24) is 0 Å². The van der Waals surface area contributed by atoms with Gasteiger partial charge >= 0.3 is 23.9 Å². The Balaban J connectivity index is 3.68. The molecule has 0 saturated carbocycles. The molecule has 0 saturated heterocycles. The van der Waals surface area contributed by atoms with Crippen molar-refractivity contribution < 1.29 is 49.8 Å². The van der Waals surface area contributed by atoms with Gasteiger partial charge in [-0.25, -0.2) is 19.2 Å². The van der Waals surface area contributed by atoms with Crippen molar-refractivity contribution in [3.05, 3.63) is 59.7 Å². The van der Waals surface area contributed by atoms with Crippen LogP contribution in [0.2, 0.25) is 0 Å². The lowest BCUT2D eigenvalue weighted by Gasteiger charge is -2.12. The third-order valence-electron chi connectivity index (χ3n) is 3.18. The first-order chi connectivity index (χ1) is 13.1. The summed E-state index contributed by atoms with van der Waals surface area (Å²) in [4.78, 5) is 43.9. The summed E-state index contributed by atoms with van der Waals surface area (Å²) in [5.74, 6) is -7.53. The molecule has 0 bridgehead atoms. The molecule has 0 atom stereocenters. The number of aromatic hydroxyl groups is 2. The van der Waals surface area contributed by atoms with Gasteiger partial charge in [-0.1, -0.05) is 12.2 Å². The van der Waals surface area contributed by atoms with E-state index in [0.717, 1.165) is 36.4 Å². The Kier molecular flexibility index (Phi) is 7.27. The van der Waals surface area contributed by atoms with Gasteiger partial charge in [-0.2, -0.15) is 0 Å². The molecule has 10 nitrogen and oxygen atoms in total. The lowest BCUT2D eigenvalue weighted by molar-refractivity contribution is -0.132. The molecular weight excluding hydrogens is 376 g/mol.